The van der Waals surface area contributed by atoms with Crippen LogP contribution in [0.5, 0.6) is 0 Å². The number of benzene rings is 2. The molecule has 0 aliphatic rings. The van der Waals surface area contributed by atoms with Crippen molar-refractivity contribution < 1.29 is 0 Å². The van der Waals surface area contributed by atoms with Gasteiger partial charge in [-0.05, 0) is 43.2 Å². The lowest BCUT2D eigenvalue weighted by molar-refractivity contribution is 0.748. The van der Waals surface area contributed by atoms with Crippen LogP contribution in [-0.2, 0) is 6.42 Å². The van der Waals surface area contributed by atoms with E-state index in [4.69, 9.17) is 5.73 Å². The molecule has 2 aromatic rings. The first kappa shape index (κ1) is 14.6. The zero-order chi connectivity index (χ0) is 13.7. The molecule has 0 bridgehead atoms. The first-order valence-corrected chi connectivity index (χ1v) is 8.11. The lowest BCUT2D eigenvalue weighted by Gasteiger charge is -2.11. The predicted molar refractivity (Wildman–Crippen MR) is 87.7 cm³/mol. The minimum atomic E-state index is 0.181. The highest BCUT2D eigenvalue weighted by Crippen LogP contribution is 2.20. The number of aryl methyl sites for hydroxylation is 1. The SMILES string of the molecule is Cc1ccc(SCC(N)Cc2cccc(Br)c2)cc1. The Labute approximate surface area is 127 Å². The first-order chi connectivity index (χ1) is 9.13. The fraction of sp³-hybridized carbons (Fsp3) is 0.250. The maximum Gasteiger partial charge on any atom is 0.0178 e. The van der Waals surface area contributed by atoms with E-state index in [1.807, 2.05) is 17.8 Å². The van der Waals surface area contributed by atoms with Crippen LogP contribution in [0, 0.1) is 6.92 Å². The normalized spacial score (nSPS) is 12.4. The number of nitrogens with two attached hydrogens (primary N) is 1. The van der Waals surface area contributed by atoms with Crippen molar-refractivity contribution >= 4 is 27.7 Å². The molecule has 2 N–H and O–H groups in total. The van der Waals surface area contributed by atoms with E-state index in [1.165, 1.54) is 16.0 Å². The van der Waals surface area contributed by atoms with Gasteiger partial charge in [0.15, 0.2) is 0 Å². The lowest BCUT2D eigenvalue weighted by Crippen LogP contribution is -2.25. The molecule has 0 saturated heterocycles. The van der Waals surface area contributed by atoms with E-state index in [0.717, 1.165) is 16.6 Å². The average Bonchev–Trinajstić information content (AvgIpc) is 2.38. The van der Waals surface area contributed by atoms with Gasteiger partial charge in [-0.15, -0.1) is 11.8 Å². The minimum absolute atomic E-state index is 0.181. The molecule has 0 aliphatic heterocycles. The summed E-state index contributed by atoms with van der Waals surface area (Å²) < 4.78 is 1.11. The Bertz CT molecular complexity index is 525. The smallest absolute Gasteiger partial charge is 0.0178 e. The van der Waals surface area contributed by atoms with Crippen LogP contribution in [0.15, 0.2) is 57.9 Å². The summed E-state index contributed by atoms with van der Waals surface area (Å²) in [6, 6.07) is 17.1. The molecule has 0 saturated carbocycles. The molecule has 0 fully saturated rings. The topological polar surface area (TPSA) is 26.0 Å². The van der Waals surface area contributed by atoms with Crippen molar-refractivity contribution in [2.75, 3.05) is 5.75 Å². The summed E-state index contributed by atoms with van der Waals surface area (Å²) in [5, 5.41) is 0. The van der Waals surface area contributed by atoms with Crippen LogP contribution in [0.3, 0.4) is 0 Å². The Balaban J connectivity index is 1.84. The van der Waals surface area contributed by atoms with Crippen LogP contribution in [0.4, 0.5) is 0 Å². The highest BCUT2D eigenvalue weighted by molar-refractivity contribution is 9.10. The summed E-state index contributed by atoms with van der Waals surface area (Å²) in [6.45, 7) is 2.10. The highest BCUT2D eigenvalue weighted by Gasteiger charge is 2.05. The molecule has 0 aromatic heterocycles. The van der Waals surface area contributed by atoms with Gasteiger partial charge in [0, 0.05) is 21.2 Å². The first-order valence-electron chi connectivity index (χ1n) is 6.33. The Morgan fingerprint density at radius 3 is 2.58 bits per heavy atom. The largest absolute Gasteiger partial charge is 0.327 e. The molecule has 19 heavy (non-hydrogen) atoms. The van der Waals surface area contributed by atoms with Gasteiger partial charge in [0.1, 0.15) is 0 Å². The number of halogens is 1. The second-order valence-corrected chi connectivity index (χ2v) is 6.73. The standard InChI is InChI=1S/C16H18BrNS/c1-12-5-7-16(8-6-12)19-11-15(18)10-13-3-2-4-14(17)9-13/h2-9,15H,10-11,18H2,1H3. The monoisotopic (exact) mass is 335 g/mol. The van der Waals surface area contributed by atoms with Gasteiger partial charge in [0.05, 0.1) is 0 Å². The van der Waals surface area contributed by atoms with E-state index < -0.39 is 0 Å². The van der Waals surface area contributed by atoms with E-state index in [0.29, 0.717) is 0 Å². The Hall–Kier alpha value is -0.770. The minimum Gasteiger partial charge on any atom is -0.327 e. The molecule has 0 spiro atoms. The average molecular weight is 336 g/mol. The highest BCUT2D eigenvalue weighted by atomic mass is 79.9. The summed E-state index contributed by atoms with van der Waals surface area (Å²) in [4.78, 5) is 1.29. The molecule has 0 amide bonds. The van der Waals surface area contributed by atoms with E-state index in [-0.39, 0.29) is 6.04 Å². The molecule has 1 unspecified atom stereocenters. The van der Waals surface area contributed by atoms with Crippen molar-refractivity contribution in [2.45, 2.75) is 24.3 Å². The van der Waals surface area contributed by atoms with Gasteiger partial charge in [0.25, 0.3) is 0 Å². The van der Waals surface area contributed by atoms with Crippen LogP contribution in [0.25, 0.3) is 0 Å². The second kappa shape index (κ2) is 7.13. The zero-order valence-corrected chi connectivity index (χ0v) is 13.4. The summed E-state index contributed by atoms with van der Waals surface area (Å²) in [5.41, 5.74) is 8.78. The Kier molecular flexibility index (Phi) is 5.49. The van der Waals surface area contributed by atoms with Crippen LogP contribution >= 0.6 is 27.7 Å². The van der Waals surface area contributed by atoms with Gasteiger partial charge in [-0.1, -0.05) is 45.8 Å². The fourth-order valence-electron chi connectivity index (χ4n) is 1.86. The Morgan fingerprint density at radius 1 is 1.16 bits per heavy atom. The lowest BCUT2D eigenvalue weighted by atomic mass is 10.1. The number of thioether (sulfide) groups is 1. The van der Waals surface area contributed by atoms with Gasteiger partial charge in [-0.3, -0.25) is 0 Å². The molecule has 0 radical (unpaired) electrons. The third-order valence-electron chi connectivity index (χ3n) is 2.87. The maximum atomic E-state index is 6.20. The van der Waals surface area contributed by atoms with Crippen LogP contribution < -0.4 is 5.73 Å². The van der Waals surface area contributed by atoms with Gasteiger partial charge in [0.2, 0.25) is 0 Å². The quantitative estimate of drug-likeness (QED) is 0.818. The Morgan fingerprint density at radius 2 is 1.89 bits per heavy atom. The summed E-state index contributed by atoms with van der Waals surface area (Å²) in [5.74, 6) is 0.940. The molecule has 0 aliphatic carbocycles. The molecular weight excluding hydrogens is 318 g/mol. The number of rotatable bonds is 5. The second-order valence-electron chi connectivity index (χ2n) is 4.72. The van der Waals surface area contributed by atoms with Crippen molar-refractivity contribution in [3.05, 3.63) is 64.1 Å². The van der Waals surface area contributed by atoms with Crippen LogP contribution in [-0.4, -0.2) is 11.8 Å². The molecule has 2 rings (SSSR count). The molecule has 3 heteroatoms. The summed E-state index contributed by atoms with van der Waals surface area (Å²) >= 11 is 5.31. The van der Waals surface area contributed by atoms with Gasteiger partial charge >= 0.3 is 0 Å². The van der Waals surface area contributed by atoms with Crippen molar-refractivity contribution in [3.63, 3.8) is 0 Å². The van der Waals surface area contributed by atoms with Gasteiger partial charge in [-0.2, -0.15) is 0 Å². The molecule has 2 aromatic carbocycles. The van der Waals surface area contributed by atoms with E-state index in [2.05, 4.69) is 65.3 Å². The maximum absolute atomic E-state index is 6.20. The molecule has 1 atom stereocenters. The van der Waals surface area contributed by atoms with Crippen molar-refractivity contribution in [1.29, 1.82) is 0 Å². The zero-order valence-electron chi connectivity index (χ0n) is 11.0. The van der Waals surface area contributed by atoms with E-state index in [1.54, 1.807) is 0 Å². The fourth-order valence-corrected chi connectivity index (χ4v) is 3.16. The number of hydrogen-bond acceptors (Lipinski definition) is 2. The van der Waals surface area contributed by atoms with E-state index >= 15 is 0 Å². The molecule has 0 heterocycles. The van der Waals surface area contributed by atoms with Crippen molar-refractivity contribution in [1.82, 2.24) is 0 Å². The van der Waals surface area contributed by atoms with Crippen molar-refractivity contribution in [2.24, 2.45) is 5.73 Å². The third-order valence-corrected chi connectivity index (χ3v) is 4.57. The number of hydrogen-bond donors (Lipinski definition) is 1. The summed E-state index contributed by atoms with van der Waals surface area (Å²) in [6.07, 6.45) is 0.915. The van der Waals surface area contributed by atoms with Crippen LogP contribution in [0.2, 0.25) is 0 Å². The van der Waals surface area contributed by atoms with Crippen LogP contribution in [0.1, 0.15) is 11.1 Å². The van der Waals surface area contributed by atoms with E-state index in [9.17, 15) is 0 Å². The van der Waals surface area contributed by atoms with Gasteiger partial charge < -0.3 is 5.73 Å². The van der Waals surface area contributed by atoms with Crippen molar-refractivity contribution in [3.8, 4) is 0 Å². The molecular formula is C16H18BrNS. The molecule has 1 nitrogen and oxygen atoms in total. The summed E-state index contributed by atoms with van der Waals surface area (Å²) in [7, 11) is 0. The third kappa shape index (κ3) is 5.01. The predicted octanol–water partition coefficient (Wildman–Crippen LogP) is 4.42. The molecule has 100 valence electrons. The van der Waals surface area contributed by atoms with Gasteiger partial charge in [-0.25, -0.2) is 0 Å².